The summed E-state index contributed by atoms with van der Waals surface area (Å²) in [5, 5.41) is 0. The van der Waals surface area contributed by atoms with Gasteiger partial charge in [0.05, 0.1) is 25.2 Å². The predicted octanol–water partition coefficient (Wildman–Crippen LogP) is -1.22. The zero-order valence-electron chi connectivity index (χ0n) is 14.9. The maximum Gasteiger partial charge on any atom is 0.243 e. The Morgan fingerprint density at radius 2 is 1.72 bits per heavy atom. The summed E-state index contributed by atoms with van der Waals surface area (Å²) in [4.78, 5) is 0.292. The molecule has 1 heterocycles. The zero-order chi connectivity index (χ0) is 21.3. The summed E-state index contributed by atoms with van der Waals surface area (Å²) in [5.41, 5.74) is 1.20. The van der Waals surface area contributed by atoms with Gasteiger partial charge in [-0.25, -0.2) is 8.42 Å². The number of sulfonamides is 1. The Hall–Kier alpha value is -1.63. The maximum absolute atomic E-state index is 13.0. The van der Waals surface area contributed by atoms with Gasteiger partial charge in [0.15, 0.2) is 0 Å². The van der Waals surface area contributed by atoms with Gasteiger partial charge in [-0.1, -0.05) is 30.3 Å². The molecule has 2 aromatic rings. The molecule has 5 nitrogen and oxygen atoms in total. The van der Waals surface area contributed by atoms with Crippen LogP contribution in [0.1, 0.15) is 12.0 Å². The molecule has 0 spiro atoms. The van der Waals surface area contributed by atoms with Crippen molar-refractivity contribution in [1.29, 1.82) is 0 Å². The van der Waals surface area contributed by atoms with Crippen LogP contribution in [0.2, 0.25) is 0 Å². The number of hydrogen-bond donors (Lipinski definition) is 0. The molecule has 1 aliphatic rings. The highest BCUT2D eigenvalue weighted by molar-refractivity contribution is 7.89. The average Bonchev–Trinajstić information content (AvgIpc) is 2.73. The van der Waals surface area contributed by atoms with Gasteiger partial charge < -0.3 is 15.9 Å². The highest BCUT2D eigenvalue weighted by Gasteiger charge is 2.33. The largest absolute Gasteiger partial charge is 0.497 e. The van der Waals surface area contributed by atoms with Gasteiger partial charge in [0.2, 0.25) is 10.0 Å². The quantitative estimate of drug-likeness (QED) is 0.558. The first-order valence-electron chi connectivity index (χ1n) is 8.39. The Kier molecular flexibility index (Phi) is 9.40. The molecule has 10 heteroatoms. The van der Waals surface area contributed by atoms with Crippen molar-refractivity contribution in [2.45, 2.75) is 23.8 Å². The summed E-state index contributed by atoms with van der Waals surface area (Å²) in [7, 11) is 0.768. The molecule has 0 amide bonds. The normalized spacial score (nSPS) is 17.2. The van der Waals surface area contributed by atoms with Gasteiger partial charge in [0.1, 0.15) is 5.75 Å². The summed E-state index contributed by atoms with van der Waals surface area (Å²) < 4.78 is 38.3. The Morgan fingerprint density at radius 1 is 1.10 bits per heavy atom. The predicted molar refractivity (Wildman–Crippen MR) is 132 cm³/mol. The molecule has 3 rings (SSSR count). The van der Waals surface area contributed by atoms with E-state index in [-0.39, 0.29) is 6.04 Å². The lowest BCUT2D eigenvalue weighted by atomic mass is 9.08. The number of methoxy groups -OCH3 is 1. The van der Waals surface area contributed by atoms with E-state index in [1.807, 2.05) is 18.2 Å². The van der Waals surface area contributed by atoms with Crippen molar-refractivity contribution in [3.63, 3.8) is 0 Å². The molecule has 158 valence electrons. The lowest BCUT2D eigenvalue weighted by molar-refractivity contribution is 0.0298. The lowest BCUT2D eigenvalue weighted by Crippen LogP contribution is -2.48. The summed E-state index contributed by atoms with van der Waals surface area (Å²) in [6.45, 7) is 1.24. The fraction of sp³-hybridized carbons (Fsp3) is 0.368. The minimum Gasteiger partial charge on any atom is -0.497 e. The van der Waals surface area contributed by atoms with Gasteiger partial charge in [-0.05, 0) is 42.7 Å². The SMILES string of the molecule is COc1ccc(S(=O)(=O)N2CCOCC2CCc2ccccc2)cc1.[BH3-]B([BH3-])[BH3-]. The van der Waals surface area contributed by atoms with Crippen LogP contribution in [0, 0.1) is 0 Å². The number of aryl methyl sites for hydroxylation is 1. The van der Waals surface area contributed by atoms with E-state index < -0.39 is 10.0 Å². The van der Waals surface area contributed by atoms with E-state index in [0.29, 0.717) is 30.4 Å². The zero-order valence-corrected chi connectivity index (χ0v) is 15.7. The number of benzene rings is 2. The van der Waals surface area contributed by atoms with Crippen LogP contribution in [0.25, 0.3) is 0 Å². The molecule has 1 saturated heterocycles. The van der Waals surface area contributed by atoms with Crippen molar-refractivity contribution in [2.75, 3.05) is 26.9 Å². The Morgan fingerprint density at radius 3 is 2.31 bits per heavy atom. The van der Waals surface area contributed by atoms with Crippen LogP contribution < -0.4 is 4.74 Å². The Balaban J connectivity index is 0.000000687. The fourth-order valence-electron chi connectivity index (χ4n) is 3.04. The molecular weight excluding hydrogens is 382 g/mol. The number of hydrogen-bond acceptors (Lipinski definition) is 4. The minimum atomic E-state index is -3.54. The van der Waals surface area contributed by atoms with Crippen LogP contribution in [0.15, 0.2) is 59.5 Å². The van der Waals surface area contributed by atoms with Crippen molar-refractivity contribution >= 4 is 39.6 Å². The van der Waals surface area contributed by atoms with Crippen LogP contribution >= 0.6 is 0 Å². The average molecular weight is 414 g/mol. The number of nitrogens with zero attached hydrogens (tertiary/aromatic N) is 1. The van der Waals surface area contributed by atoms with Crippen LogP contribution in [0.3, 0.4) is 0 Å². The van der Waals surface area contributed by atoms with Gasteiger partial charge in [-0.2, -0.15) is 4.31 Å². The molecule has 0 aromatic heterocycles. The van der Waals surface area contributed by atoms with Gasteiger partial charge in [-0.15, -0.1) is 23.2 Å². The minimum absolute atomic E-state index is 0.152. The summed E-state index contributed by atoms with van der Waals surface area (Å²) in [6.07, 6.45) is 3.14. The topological polar surface area (TPSA) is 55.8 Å². The third-order valence-corrected chi connectivity index (χ3v) is 6.41. The van der Waals surface area contributed by atoms with Crippen molar-refractivity contribution in [3.8, 4) is 5.75 Å². The Bertz CT molecular complexity index is 832. The second-order valence-corrected chi connectivity index (χ2v) is 7.93. The third kappa shape index (κ3) is 7.28. The van der Waals surface area contributed by atoms with E-state index in [2.05, 4.69) is 12.1 Å². The van der Waals surface area contributed by atoms with Crippen molar-refractivity contribution in [1.82, 2.24) is 4.31 Å². The molecule has 2 aromatic carbocycles. The van der Waals surface area contributed by atoms with E-state index >= 15 is 0 Å². The second kappa shape index (κ2) is 11.5. The lowest BCUT2D eigenvalue weighted by Gasteiger charge is -2.34. The summed E-state index contributed by atoms with van der Waals surface area (Å²) in [6, 6.07) is 16.5. The van der Waals surface area contributed by atoms with E-state index in [1.165, 1.54) is 5.56 Å². The molecule has 0 bridgehead atoms. The molecule has 1 atom stereocenters. The molecule has 0 N–H and O–H groups in total. The molecule has 0 aliphatic carbocycles. The first kappa shape index (κ1) is 23.6. The van der Waals surface area contributed by atoms with Crippen LogP contribution in [-0.4, -0.2) is 75.2 Å². The second-order valence-electron chi connectivity index (χ2n) is 6.04. The molecule has 1 unspecified atom stereocenters. The summed E-state index contributed by atoms with van der Waals surface area (Å²) in [5.74, 6) is 0.640. The van der Waals surface area contributed by atoms with Gasteiger partial charge >= 0.3 is 0 Å². The maximum atomic E-state index is 13.0. The fourth-order valence-corrected chi connectivity index (χ4v) is 4.67. The molecule has 29 heavy (non-hydrogen) atoms. The van der Waals surface area contributed by atoms with E-state index in [1.54, 1.807) is 42.1 Å². The molecular formula is C19H32B4NO4S-3. The van der Waals surface area contributed by atoms with Crippen molar-refractivity contribution in [3.05, 3.63) is 60.2 Å². The van der Waals surface area contributed by atoms with Crippen LogP contribution in [-0.2, 0) is 21.2 Å². The molecule has 1 fully saturated rings. The first-order valence-corrected chi connectivity index (χ1v) is 9.83. The first-order chi connectivity index (χ1) is 13.8. The highest BCUT2D eigenvalue weighted by Crippen LogP contribution is 2.24. The van der Waals surface area contributed by atoms with Crippen LogP contribution in [0.4, 0.5) is 0 Å². The number of rotatable bonds is 6. The number of morpholine rings is 1. The standard InChI is InChI=1S/C19H23NO4S.B4H9/c1-23-18-9-11-19(12-10-18)25(21,22)20-13-14-24-15-17(20)8-7-16-5-3-2-4-6-16;1-4(2)3/h2-6,9-12,17H,7-8,13-15H2,1H3;1-3H3/q;-3. The van der Waals surface area contributed by atoms with Gasteiger partial charge in [0, 0.05) is 12.6 Å². The van der Waals surface area contributed by atoms with Gasteiger partial charge in [-0.3, -0.25) is 0 Å². The van der Waals surface area contributed by atoms with E-state index in [0.717, 1.165) is 36.1 Å². The Labute approximate surface area is 178 Å². The summed E-state index contributed by atoms with van der Waals surface area (Å²) >= 11 is 0. The smallest absolute Gasteiger partial charge is 0.243 e. The molecule has 1 aliphatic heterocycles. The number of ether oxygens (including phenoxy) is 2. The van der Waals surface area contributed by atoms with Gasteiger partial charge in [0.25, 0.3) is 0 Å². The molecule has 0 radical (unpaired) electrons. The van der Waals surface area contributed by atoms with E-state index in [9.17, 15) is 8.42 Å². The van der Waals surface area contributed by atoms with Crippen LogP contribution in [0.5, 0.6) is 5.75 Å². The monoisotopic (exact) mass is 414 g/mol. The highest BCUT2D eigenvalue weighted by atomic mass is 32.2. The van der Waals surface area contributed by atoms with Crippen molar-refractivity contribution in [2.24, 2.45) is 0 Å². The van der Waals surface area contributed by atoms with Crippen molar-refractivity contribution < 1.29 is 17.9 Å². The third-order valence-electron chi connectivity index (χ3n) is 4.45. The molecule has 0 saturated carbocycles. The van der Waals surface area contributed by atoms with E-state index in [4.69, 9.17) is 9.47 Å².